The Labute approximate surface area is 106 Å². The molecule has 0 saturated heterocycles. The molecule has 1 aliphatic carbocycles. The molecular formula is C14H19F2NO. The molecule has 2 nitrogen and oxygen atoms in total. The molecule has 1 N–H and O–H groups in total. The van der Waals surface area contributed by atoms with E-state index >= 15 is 0 Å². The number of fused-ring (bicyclic) bond motifs is 1. The SMILES string of the molecule is CCCNC1CC(C)c2c(OC(F)F)cccc21. The number of rotatable bonds is 5. The maximum Gasteiger partial charge on any atom is 0.387 e. The fourth-order valence-corrected chi connectivity index (χ4v) is 2.70. The topological polar surface area (TPSA) is 21.3 Å². The summed E-state index contributed by atoms with van der Waals surface area (Å²) < 4.78 is 29.4. The van der Waals surface area contributed by atoms with Gasteiger partial charge in [-0.2, -0.15) is 8.78 Å². The van der Waals surface area contributed by atoms with Crippen LogP contribution < -0.4 is 10.1 Å². The molecule has 1 aliphatic rings. The van der Waals surface area contributed by atoms with Crippen LogP contribution in [-0.4, -0.2) is 13.2 Å². The molecule has 4 heteroatoms. The van der Waals surface area contributed by atoms with E-state index in [0.29, 0.717) is 5.75 Å². The van der Waals surface area contributed by atoms with Crippen molar-refractivity contribution in [1.29, 1.82) is 0 Å². The molecule has 0 heterocycles. The van der Waals surface area contributed by atoms with Crippen molar-refractivity contribution in [3.63, 3.8) is 0 Å². The predicted molar refractivity (Wildman–Crippen MR) is 67.1 cm³/mol. The number of alkyl halides is 2. The highest BCUT2D eigenvalue weighted by atomic mass is 19.3. The zero-order chi connectivity index (χ0) is 13.1. The average Bonchev–Trinajstić information content (AvgIpc) is 2.64. The van der Waals surface area contributed by atoms with Gasteiger partial charge < -0.3 is 10.1 Å². The first-order chi connectivity index (χ1) is 8.63. The highest BCUT2D eigenvalue weighted by molar-refractivity contribution is 5.47. The van der Waals surface area contributed by atoms with Gasteiger partial charge in [0.2, 0.25) is 0 Å². The van der Waals surface area contributed by atoms with Gasteiger partial charge in [0, 0.05) is 11.6 Å². The third-order valence-corrected chi connectivity index (χ3v) is 3.41. The molecule has 0 radical (unpaired) electrons. The van der Waals surface area contributed by atoms with Crippen LogP contribution >= 0.6 is 0 Å². The third-order valence-electron chi connectivity index (χ3n) is 3.41. The lowest BCUT2D eigenvalue weighted by atomic mass is 10.0. The summed E-state index contributed by atoms with van der Waals surface area (Å²) in [6, 6.07) is 5.68. The standard InChI is InChI=1S/C14H19F2NO/c1-3-7-17-11-8-9(2)13-10(11)5-4-6-12(13)18-14(15)16/h4-6,9,11,14,17H,3,7-8H2,1-2H3. The molecule has 2 atom stereocenters. The number of benzene rings is 1. The van der Waals surface area contributed by atoms with Gasteiger partial charge >= 0.3 is 6.61 Å². The highest BCUT2D eigenvalue weighted by Crippen LogP contribution is 2.44. The fraction of sp³-hybridized carbons (Fsp3) is 0.571. The highest BCUT2D eigenvalue weighted by Gasteiger charge is 2.31. The minimum Gasteiger partial charge on any atom is -0.435 e. The maximum atomic E-state index is 12.4. The maximum absolute atomic E-state index is 12.4. The van der Waals surface area contributed by atoms with Gasteiger partial charge in [-0.05, 0) is 36.9 Å². The van der Waals surface area contributed by atoms with Gasteiger partial charge in [-0.1, -0.05) is 26.0 Å². The Morgan fingerprint density at radius 2 is 2.22 bits per heavy atom. The van der Waals surface area contributed by atoms with Gasteiger partial charge in [0.1, 0.15) is 5.75 Å². The molecule has 1 aromatic rings. The first kappa shape index (κ1) is 13.3. The van der Waals surface area contributed by atoms with Crippen LogP contribution in [0.1, 0.15) is 49.8 Å². The molecule has 0 bridgehead atoms. The minimum absolute atomic E-state index is 0.254. The quantitative estimate of drug-likeness (QED) is 0.863. The molecule has 2 rings (SSSR count). The first-order valence-electron chi connectivity index (χ1n) is 6.44. The molecular weight excluding hydrogens is 236 g/mol. The van der Waals surface area contributed by atoms with Crippen LogP contribution in [0.25, 0.3) is 0 Å². The van der Waals surface area contributed by atoms with E-state index in [1.807, 2.05) is 6.07 Å². The smallest absolute Gasteiger partial charge is 0.387 e. The van der Waals surface area contributed by atoms with Crippen molar-refractivity contribution in [1.82, 2.24) is 5.32 Å². The molecule has 1 aromatic carbocycles. The number of hydrogen-bond donors (Lipinski definition) is 1. The fourth-order valence-electron chi connectivity index (χ4n) is 2.70. The van der Waals surface area contributed by atoms with Gasteiger partial charge in [0.05, 0.1) is 0 Å². The largest absolute Gasteiger partial charge is 0.435 e. The molecule has 0 aromatic heterocycles. The van der Waals surface area contributed by atoms with E-state index in [1.165, 1.54) is 0 Å². The Bertz CT molecular complexity index is 409. The van der Waals surface area contributed by atoms with E-state index in [-0.39, 0.29) is 12.0 Å². The summed E-state index contributed by atoms with van der Waals surface area (Å²) >= 11 is 0. The molecule has 18 heavy (non-hydrogen) atoms. The summed E-state index contributed by atoms with van der Waals surface area (Å²) in [4.78, 5) is 0. The summed E-state index contributed by atoms with van der Waals surface area (Å²) in [5.74, 6) is 0.583. The second-order valence-electron chi connectivity index (χ2n) is 4.78. The Morgan fingerprint density at radius 1 is 1.44 bits per heavy atom. The Kier molecular flexibility index (Phi) is 4.17. The van der Waals surface area contributed by atoms with Crippen LogP contribution in [0, 0.1) is 0 Å². The van der Waals surface area contributed by atoms with E-state index < -0.39 is 6.61 Å². The van der Waals surface area contributed by atoms with Gasteiger partial charge in [-0.25, -0.2) is 0 Å². The lowest BCUT2D eigenvalue weighted by Crippen LogP contribution is -2.19. The average molecular weight is 255 g/mol. The molecule has 0 aliphatic heterocycles. The summed E-state index contributed by atoms with van der Waals surface area (Å²) in [6.45, 7) is 2.36. The molecule has 2 unspecified atom stereocenters. The zero-order valence-corrected chi connectivity index (χ0v) is 10.7. The lowest BCUT2D eigenvalue weighted by Gasteiger charge is -2.14. The van der Waals surface area contributed by atoms with E-state index in [0.717, 1.165) is 30.5 Å². The summed E-state index contributed by atoms with van der Waals surface area (Å²) in [5.41, 5.74) is 2.04. The van der Waals surface area contributed by atoms with Crippen LogP contribution in [0.5, 0.6) is 5.75 Å². The van der Waals surface area contributed by atoms with Crippen LogP contribution in [0.3, 0.4) is 0 Å². The van der Waals surface area contributed by atoms with Crippen molar-refractivity contribution in [3.8, 4) is 5.75 Å². The van der Waals surface area contributed by atoms with E-state index in [9.17, 15) is 8.78 Å². The summed E-state index contributed by atoms with van der Waals surface area (Å²) in [6.07, 6.45) is 2.01. The zero-order valence-electron chi connectivity index (χ0n) is 10.7. The first-order valence-corrected chi connectivity index (χ1v) is 6.44. The molecule has 0 spiro atoms. The van der Waals surface area contributed by atoms with Crippen molar-refractivity contribution in [2.24, 2.45) is 0 Å². The van der Waals surface area contributed by atoms with Crippen LogP contribution in [0.4, 0.5) is 8.78 Å². The van der Waals surface area contributed by atoms with Crippen molar-refractivity contribution >= 4 is 0 Å². The van der Waals surface area contributed by atoms with Crippen molar-refractivity contribution < 1.29 is 13.5 Å². The summed E-state index contributed by atoms with van der Waals surface area (Å²) in [7, 11) is 0. The van der Waals surface area contributed by atoms with Crippen molar-refractivity contribution in [3.05, 3.63) is 29.3 Å². The second kappa shape index (κ2) is 5.65. The van der Waals surface area contributed by atoms with E-state index in [1.54, 1.807) is 12.1 Å². The lowest BCUT2D eigenvalue weighted by molar-refractivity contribution is -0.0505. The van der Waals surface area contributed by atoms with E-state index in [4.69, 9.17) is 0 Å². The molecule has 0 fully saturated rings. The second-order valence-corrected chi connectivity index (χ2v) is 4.78. The van der Waals surface area contributed by atoms with Crippen molar-refractivity contribution in [2.75, 3.05) is 6.54 Å². The molecule has 0 amide bonds. The number of hydrogen-bond acceptors (Lipinski definition) is 2. The van der Waals surface area contributed by atoms with Crippen LogP contribution in [0.15, 0.2) is 18.2 Å². The Balaban J connectivity index is 2.26. The van der Waals surface area contributed by atoms with Crippen LogP contribution in [-0.2, 0) is 0 Å². The van der Waals surface area contributed by atoms with Gasteiger partial charge in [-0.15, -0.1) is 0 Å². The van der Waals surface area contributed by atoms with Crippen molar-refractivity contribution in [2.45, 2.75) is 45.3 Å². The predicted octanol–water partition coefficient (Wildman–Crippen LogP) is 3.84. The monoisotopic (exact) mass is 255 g/mol. The van der Waals surface area contributed by atoms with Gasteiger partial charge in [-0.3, -0.25) is 0 Å². The van der Waals surface area contributed by atoms with E-state index in [2.05, 4.69) is 23.9 Å². The van der Waals surface area contributed by atoms with Gasteiger partial charge in [0.15, 0.2) is 0 Å². The third kappa shape index (κ3) is 2.64. The molecule has 100 valence electrons. The number of ether oxygens (including phenoxy) is 1. The van der Waals surface area contributed by atoms with Crippen LogP contribution in [0.2, 0.25) is 0 Å². The normalized spacial score (nSPS) is 22.3. The Hall–Kier alpha value is -1.16. The number of halogens is 2. The van der Waals surface area contributed by atoms with Gasteiger partial charge in [0.25, 0.3) is 0 Å². The molecule has 0 saturated carbocycles. The summed E-state index contributed by atoms with van der Waals surface area (Å²) in [5, 5.41) is 3.46. The number of nitrogens with one attached hydrogen (secondary N) is 1. The Morgan fingerprint density at radius 3 is 2.89 bits per heavy atom. The minimum atomic E-state index is -2.76.